The van der Waals surface area contributed by atoms with E-state index in [4.69, 9.17) is 5.26 Å². The van der Waals surface area contributed by atoms with Crippen LogP contribution in [0.3, 0.4) is 0 Å². The molecule has 0 aromatic rings. The van der Waals surface area contributed by atoms with Crippen molar-refractivity contribution in [2.45, 2.75) is 58.4 Å². The molecule has 1 saturated carbocycles. The van der Waals surface area contributed by atoms with Crippen LogP contribution in [-0.2, 0) is 0 Å². The second-order valence-corrected chi connectivity index (χ2v) is 4.10. The fourth-order valence-corrected chi connectivity index (χ4v) is 1.88. The van der Waals surface area contributed by atoms with E-state index in [9.17, 15) is 0 Å². The topological polar surface area (TPSA) is 35.8 Å². The normalized spacial score (nSPS) is 19.8. The summed E-state index contributed by atoms with van der Waals surface area (Å²) in [7, 11) is 0. The largest absolute Gasteiger partial charge is 0.374 e. The summed E-state index contributed by atoms with van der Waals surface area (Å²) < 4.78 is 0. The zero-order valence-electron chi connectivity index (χ0n) is 9.27. The van der Waals surface area contributed by atoms with Crippen molar-refractivity contribution in [1.82, 2.24) is 5.32 Å². The molecule has 1 N–H and O–H groups in total. The Bertz CT molecular complexity index is 242. The van der Waals surface area contributed by atoms with Crippen LogP contribution in [0.1, 0.15) is 52.4 Å². The van der Waals surface area contributed by atoms with Gasteiger partial charge >= 0.3 is 0 Å². The predicted octanol–water partition coefficient (Wildman–Crippen LogP) is 3.12. The van der Waals surface area contributed by atoms with Crippen LogP contribution in [0.2, 0.25) is 0 Å². The molecule has 0 radical (unpaired) electrons. The first kappa shape index (κ1) is 11.1. The third-order valence-corrected chi connectivity index (χ3v) is 3.02. The van der Waals surface area contributed by atoms with Crippen molar-refractivity contribution in [3.05, 3.63) is 11.3 Å². The highest BCUT2D eigenvalue weighted by Gasteiger charge is 2.14. The summed E-state index contributed by atoms with van der Waals surface area (Å²) in [6.45, 7) is 4.13. The molecule has 0 unspecified atom stereocenters. The lowest BCUT2D eigenvalue weighted by Gasteiger charge is -2.23. The highest BCUT2D eigenvalue weighted by Crippen LogP contribution is 2.19. The lowest BCUT2D eigenvalue weighted by molar-refractivity contribution is 0.398. The number of nitrogens with one attached hydrogen (secondary N) is 1. The van der Waals surface area contributed by atoms with E-state index >= 15 is 0 Å². The van der Waals surface area contributed by atoms with Gasteiger partial charge in [0.15, 0.2) is 0 Å². The second kappa shape index (κ2) is 5.70. The van der Waals surface area contributed by atoms with Gasteiger partial charge in [-0.3, -0.25) is 0 Å². The Kier molecular flexibility index (Phi) is 4.52. The molecule has 78 valence electrons. The lowest BCUT2D eigenvalue weighted by atomic mass is 9.95. The van der Waals surface area contributed by atoms with Gasteiger partial charge in [-0.05, 0) is 31.8 Å². The number of nitriles is 1. The van der Waals surface area contributed by atoms with Crippen molar-refractivity contribution in [2.24, 2.45) is 0 Å². The van der Waals surface area contributed by atoms with Gasteiger partial charge in [0.2, 0.25) is 0 Å². The van der Waals surface area contributed by atoms with Crippen molar-refractivity contribution in [1.29, 1.82) is 5.26 Å². The predicted molar refractivity (Wildman–Crippen MR) is 58.6 cm³/mol. The van der Waals surface area contributed by atoms with Crippen LogP contribution in [0.5, 0.6) is 0 Å². The second-order valence-electron chi connectivity index (χ2n) is 4.10. The number of rotatable bonds is 3. The van der Waals surface area contributed by atoms with Crippen molar-refractivity contribution >= 4 is 0 Å². The zero-order chi connectivity index (χ0) is 10.4. The minimum absolute atomic E-state index is 0.542. The van der Waals surface area contributed by atoms with E-state index < -0.39 is 0 Å². The fourth-order valence-electron chi connectivity index (χ4n) is 1.88. The molecule has 0 heterocycles. The lowest BCUT2D eigenvalue weighted by Crippen LogP contribution is -2.30. The standard InChI is InChI=1S/C12H20N2/c1-3-10(2)12(9-13)14-11-7-5-4-6-8-11/h11,14H,3-8H2,1-2H3/b12-10-. The molecule has 2 heteroatoms. The van der Waals surface area contributed by atoms with Crippen molar-refractivity contribution in [3.63, 3.8) is 0 Å². The van der Waals surface area contributed by atoms with E-state index in [1.165, 1.54) is 37.7 Å². The monoisotopic (exact) mass is 192 g/mol. The molecule has 0 aliphatic heterocycles. The number of hydrogen-bond acceptors (Lipinski definition) is 2. The van der Waals surface area contributed by atoms with Crippen molar-refractivity contribution in [3.8, 4) is 6.07 Å². The highest BCUT2D eigenvalue weighted by atomic mass is 14.9. The summed E-state index contributed by atoms with van der Waals surface area (Å²) >= 11 is 0. The molecule has 2 nitrogen and oxygen atoms in total. The molecular formula is C12H20N2. The Labute approximate surface area is 87.0 Å². The maximum Gasteiger partial charge on any atom is 0.117 e. The Balaban J connectivity index is 2.52. The van der Waals surface area contributed by atoms with E-state index in [2.05, 4.69) is 18.3 Å². The number of hydrogen-bond donors (Lipinski definition) is 1. The summed E-state index contributed by atoms with van der Waals surface area (Å²) in [5.41, 5.74) is 1.98. The molecule has 1 aliphatic rings. The first-order chi connectivity index (χ1) is 6.77. The molecule has 14 heavy (non-hydrogen) atoms. The van der Waals surface area contributed by atoms with Gasteiger partial charge in [-0.1, -0.05) is 26.2 Å². The third-order valence-electron chi connectivity index (χ3n) is 3.02. The van der Waals surface area contributed by atoms with E-state index in [1.807, 2.05) is 6.92 Å². The average Bonchev–Trinajstić information content (AvgIpc) is 2.26. The van der Waals surface area contributed by atoms with Crippen LogP contribution in [0.25, 0.3) is 0 Å². The van der Waals surface area contributed by atoms with Crippen LogP contribution >= 0.6 is 0 Å². The summed E-state index contributed by atoms with van der Waals surface area (Å²) in [4.78, 5) is 0. The Morgan fingerprint density at radius 2 is 2.00 bits per heavy atom. The maximum atomic E-state index is 8.99. The third kappa shape index (κ3) is 3.06. The smallest absolute Gasteiger partial charge is 0.117 e. The summed E-state index contributed by atoms with van der Waals surface area (Å²) in [5.74, 6) is 0. The molecule has 1 aliphatic carbocycles. The van der Waals surface area contributed by atoms with Crippen LogP contribution in [0.15, 0.2) is 11.3 Å². The van der Waals surface area contributed by atoms with Crippen LogP contribution in [0, 0.1) is 11.3 Å². The Morgan fingerprint density at radius 3 is 2.50 bits per heavy atom. The van der Waals surface area contributed by atoms with Gasteiger partial charge in [-0.25, -0.2) is 0 Å². The van der Waals surface area contributed by atoms with Crippen LogP contribution in [-0.4, -0.2) is 6.04 Å². The van der Waals surface area contributed by atoms with Gasteiger partial charge in [0, 0.05) is 6.04 Å². The quantitative estimate of drug-likeness (QED) is 0.697. The minimum atomic E-state index is 0.542. The van der Waals surface area contributed by atoms with Gasteiger partial charge in [0.25, 0.3) is 0 Å². The van der Waals surface area contributed by atoms with Crippen LogP contribution in [0.4, 0.5) is 0 Å². The van der Waals surface area contributed by atoms with Crippen molar-refractivity contribution in [2.75, 3.05) is 0 Å². The van der Waals surface area contributed by atoms with E-state index in [1.54, 1.807) is 0 Å². The van der Waals surface area contributed by atoms with Gasteiger partial charge in [-0.2, -0.15) is 5.26 Å². The fraction of sp³-hybridized carbons (Fsp3) is 0.750. The number of allylic oxidation sites excluding steroid dienone is 2. The molecule has 0 aromatic heterocycles. The van der Waals surface area contributed by atoms with Crippen molar-refractivity contribution < 1.29 is 0 Å². The van der Waals surface area contributed by atoms with Gasteiger partial charge in [0.05, 0.1) is 0 Å². The van der Waals surface area contributed by atoms with E-state index in [0.29, 0.717) is 6.04 Å². The molecule has 0 spiro atoms. The van der Waals surface area contributed by atoms with Gasteiger partial charge < -0.3 is 5.32 Å². The molecule has 1 rings (SSSR count). The molecule has 0 amide bonds. The molecular weight excluding hydrogens is 172 g/mol. The minimum Gasteiger partial charge on any atom is -0.374 e. The van der Waals surface area contributed by atoms with Crippen LogP contribution < -0.4 is 5.32 Å². The van der Waals surface area contributed by atoms with Gasteiger partial charge in [0.1, 0.15) is 11.8 Å². The van der Waals surface area contributed by atoms with Gasteiger partial charge in [-0.15, -0.1) is 0 Å². The molecule has 0 aromatic carbocycles. The maximum absolute atomic E-state index is 8.99. The van der Waals surface area contributed by atoms with E-state index in [0.717, 1.165) is 12.1 Å². The highest BCUT2D eigenvalue weighted by molar-refractivity contribution is 5.25. The molecule has 0 bridgehead atoms. The SMILES string of the molecule is CC/C(C)=C(/C#N)NC1CCCCC1. The molecule has 1 fully saturated rings. The summed E-state index contributed by atoms with van der Waals surface area (Å²) in [6.07, 6.45) is 7.38. The zero-order valence-corrected chi connectivity index (χ0v) is 9.27. The number of nitrogens with zero attached hydrogens (tertiary/aromatic N) is 1. The first-order valence-electron chi connectivity index (χ1n) is 5.64. The Hall–Kier alpha value is -0.970. The first-order valence-corrected chi connectivity index (χ1v) is 5.64. The average molecular weight is 192 g/mol. The Morgan fingerprint density at radius 1 is 1.36 bits per heavy atom. The summed E-state index contributed by atoms with van der Waals surface area (Å²) in [6, 6.07) is 2.81. The molecule has 0 atom stereocenters. The molecule has 0 saturated heterocycles. The summed E-state index contributed by atoms with van der Waals surface area (Å²) in [5, 5.41) is 12.4. The van der Waals surface area contributed by atoms with E-state index in [-0.39, 0.29) is 0 Å².